The number of fused-ring (bicyclic) bond motifs is 1. The average Bonchev–Trinajstić information content (AvgIpc) is 3.24. The number of likely N-dealkylation sites (tertiary alicyclic amines) is 1. The maximum Gasteiger partial charge on any atom is 0.421 e. The molecule has 3 heterocycles. The van der Waals surface area contributed by atoms with E-state index in [1.54, 1.807) is 0 Å². The molecule has 28 heavy (non-hydrogen) atoms. The van der Waals surface area contributed by atoms with Crippen molar-refractivity contribution in [2.24, 2.45) is 0 Å². The van der Waals surface area contributed by atoms with Crippen LogP contribution < -0.4 is 4.74 Å². The third-order valence-corrected chi connectivity index (χ3v) is 4.49. The molecule has 11 heteroatoms. The minimum absolute atomic E-state index is 0.0182. The zero-order valence-corrected chi connectivity index (χ0v) is 14.1. The van der Waals surface area contributed by atoms with E-state index < -0.39 is 35.8 Å². The van der Waals surface area contributed by atoms with E-state index in [2.05, 4.69) is 10.2 Å². The molecule has 2 aliphatic rings. The molecule has 1 fully saturated rings. The molecule has 4 rings (SSSR count). The summed E-state index contributed by atoms with van der Waals surface area (Å²) >= 11 is 0. The molecule has 142 valence electrons. The third-order valence-electron chi connectivity index (χ3n) is 4.49. The van der Waals surface area contributed by atoms with Crippen LogP contribution in [0, 0.1) is 0 Å². The maximum atomic E-state index is 13.0. The lowest BCUT2D eigenvalue weighted by Gasteiger charge is -2.31. The van der Waals surface area contributed by atoms with Crippen molar-refractivity contribution in [2.75, 3.05) is 0 Å². The minimum Gasteiger partial charge on any atom is -0.464 e. The maximum absolute atomic E-state index is 13.0. The number of hydrogen-bond acceptors (Lipinski definition) is 7. The second kappa shape index (κ2) is 6.30. The van der Waals surface area contributed by atoms with Crippen molar-refractivity contribution in [3.8, 4) is 11.6 Å². The first-order valence-electron chi connectivity index (χ1n) is 8.18. The number of carboxylic acid groups (broad SMARTS) is 1. The van der Waals surface area contributed by atoms with Crippen molar-refractivity contribution in [2.45, 2.75) is 18.9 Å². The Morgan fingerprint density at radius 2 is 1.96 bits per heavy atom. The molecule has 1 unspecified atom stereocenters. The normalized spacial score (nSPS) is 19.2. The van der Waals surface area contributed by atoms with Gasteiger partial charge in [0.15, 0.2) is 0 Å². The molecular formula is C17H12N4O7. The highest BCUT2D eigenvalue weighted by Crippen LogP contribution is 2.35. The number of benzene rings is 1. The van der Waals surface area contributed by atoms with E-state index in [1.165, 1.54) is 30.5 Å². The lowest BCUT2D eigenvalue weighted by atomic mass is 10.0. The summed E-state index contributed by atoms with van der Waals surface area (Å²) in [5.74, 6) is -3.35. The summed E-state index contributed by atoms with van der Waals surface area (Å²) in [5.41, 5.74) is -0.0355. The largest absolute Gasteiger partial charge is 0.464 e. The molecule has 5 amide bonds. The number of carbonyl (C=O) groups excluding carboxylic acids is 4. The highest BCUT2D eigenvalue weighted by molar-refractivity contribution is 6.25. The van der Waals surface area contributed by atoms with Crippen molar-refractivity contribution in [3.63, 3.8) is 0 Å². The molecule has 1 atom stereocenters. The van der Waals surface area contributed by atoms with E-state index in [0.717, 1.165) is 0 Å². The molecule has 0 aliphatic carbocycles. The summed E-state index contributed by atoms with van der Waals surface area (Å²) in [6, 6.07) is 4.50. The Kier molecular flexibility index (Phi) is 3.91. The Bertz CT molecular complexity index is 1030. The SMILES string of the molecule is O=C(O)N1C(=O)CCC(N2C(=O)c3cccc(Oc4cc[nH]n4)c3C2=O)C1=O. The fourth-order valence-electron chi connectivity index (χ4n) is 3.26. The Morgan fingerprint density at radius 1 is 1.18 bits per heavy atom. The molecule has 0 radical (unpaired) electrons. The lowest BCUT2D eigenvalue weighted by Crippen LogP contribution is -2.57. The van der Waals surface area contributed by atoms with Crippen LogP contribution in [0.1, 0.15) is 33.6 Å². The van der Waals surface area contributed by atoms with Crippen molar-refractivity contribution >= 4 is 29.7 Å². The number of aromatic amines is 1. The number of aromatic nitrogens is 2. The van der Waals surface area contributed by atoms with Crippen LogP contribution >= 0.6 is 0 Å². The monoisotopic (exact) mass is 384 g/mol. The number of H-pyrrole nitrogens is 1. The third kappa shape index (κ3) is 2.52. The van der Waals surface area contributed by atoms with Gasteiger partial charge in [-0.1, -0.05) is 6.07 Å². The molecule has 2 N–H and O–H groups in total. The zero-order chi connectivity index (χ0) is 20.0. The molecular weight excluding hydrogens is 372 g/mol. The van der Waals surface area contributed by atoms with E-state index in [0.29, 0.717) is 4.90 Å². The van der Waals surface area contributed by atoms with Gasteiger partial charge in [-0.3, -0.25) is 29.2 Å². The standard InChI is InChI=1S/C17H12N4O7/c22-12-5-4-9(15(24)21(12)17(26)27)20-14(23)8-2-1-3-10(13(8)16(20)25)28-11-6-7-18-19-11/h1-3,6-7,9H,4-5H2,(H,18,19)(H,26,27). The van der Waals surface area contributed by atoms with Gasteiger partial charge in [-0.05, 0) is 18.6 Å². The van der Waals surface area contributed by atoms with Crippen molar-refractivity contribution in [3.05, 3.63) is 41.6 Å². The second-order valence-electron chi connectivity index (χ2n) is 6.08. The number of nitrogens with zero attached hydrogens (tertiary/aromatic N) is 3. The second-order valence-corrected chi connectivity index (χ2v) is 6.08. The van der Waals surface area contributed by atoms with Crippen LogP contribution in [0.25, 0.3) is 0 Å². The van der Waals surface area contributed by atoms with Gasteiger partial charge < -0.3 is 9.84 Å². The van der Waals surface area contributed by atoms with Crippen molar-refractivity contribution < 1.29 is 33.8 Å². The highest BCUT2D eigenvalue weighted by atomic mass is 16.5. The number of hydrogen-bond donors (Lipinski definition) is 2. The Labute approximate surface area is 156 Å². The molecule has 1 saturated heterocycles. The molecule has 1 aromatic heterocycles. The van der Waals surface area contributed by atoms with Crippen LogP contribution in [0.5, 0.6) is 11.6 Å². The van der Waals surface area contributed by atoms with Crippen LogP contribution in [-0.2, 0) is 9.59 Å². The molecule has 2 aromatic rings. The van der Waals surface area contributed by atoms with Gasteiger partial charge in [-0.25, -0.2) is 4.79 Å². The van der Waals surface area contributed by atoms with Crippen molar-refractivity contribution in [1.29, 1.82) is 0 Å². The van der Waals surface area contributed by atoms with Gasteiger partial charge in [0.25, 0.3) is 17.7 Å². The fraction of sp³-hybridized carbons (Fsp3) is 0.176. The van der Waals surface area contributed by atoms with Gasteiger partial charge >= 0.3 is 6.09 Å². The predicted octanol–water partition coefficient (Wildman–Crippen LogP) is 0.994. The topological polar surface area (TPSA) is 150 Å². The first-order valence-corrected chi connectivity index (χ1v) is 8.18. The van der Waals surface area contributed by atoms with Crippen LogP contribution in [0.3, 0.4) is 0 Å². The lowest BCUT2D eigenvalue weighted by molar-refractivity contribution is -0.148. The molecule has 1 aromatic carbocycles. The summed E-state index contributed by atoms with van der Waals surface area (Å²) in [5, 5.41) is 15.5. The number of piperidine rings is 1. The van der Waals surface area contributed by atoms with Crippen LogP contribution in [0.2, 0.25) is 0 Å². The molecule has 11 nitrogen and oxygen atoms in total. The van der Waals surface area contributed by atoms with E-state index in [-0.39, 0.29) is 40.5 Å². The zero-order valence-electron chi connectivity index (χ0n) is 14.1. The molecule has 0 spiro atoms. The Morgan fingerprint density at radius 3 is 2.64 bits per heavy atom. The van der Waals surface area contributed by atoms with E-state index in [4.69, 9.17) is 9.84 Å². The van der Waals surface area contributed by atoms with Crippen LogP contribution in [0.4, 0.5) is 4.79 Å². The van der Waals surface area contributed by atoms with Gasteiger partial charge in [-0.15, -0.1) is 5.10 Å². The van der Waals surface area contributed by atoms with Crippen molar-refractivity contribution in [1.82, 2.24) is 20.0 Å². The summed E-state index contributed by atoms with van der Waals surface area (Å²) < 4.78 is 5.53. The number of nitrogens with one attached hydrogen (secondary N) is 1. The molecule has 2 aliphatic heterocycles. The average molecular weight is 384 g/mol. The van der Waals surface area contributed by atoms with Gasteiger partial charge in [0.1, 0.15) is 11.8 Å². The van der Waals surface area contributed by atoms with Gasteiger partial charge in [0.2, 0.25) is 11.8 Å². The van der Waals surface area contributed by atoms with E-state index in [1.807, 2.05) is 0 Å². The molecule has 0 bridgehead atoms. The van der Waals surface area contributed by atoms with Crippen LogP contribution in [0.15, 0.2) is 30.5 Å². The molecule has 0 saturated carbocycles. The fourth-order valence-corrected chi connectivity index (χ4v) is 3.26. The van der Waals surface area contributed by atoms with Gasteiger partial charge in [0.05, 0.1) is 11.1 Å². The summed E-state index contributed by atoms with van der Waals surface area (Å²) in [6.07, 6.45) is -0.676. The van der Waals surface area contributed by atoms with E-state index in [9.17, 15) is 24.0 Å². The summed E-state index contributed by atoms with van der Waals surface area (Å²) in [7, 11) is 0. The Balaban J connectivity index is 1.70. The highest BCUT2D eigenvalue weighted by Gasteiger charge is 2.49. The van der Waals surface area contributed by atoms with Crippen LogP contribution in [-0.4, -0.2) is 60.9 Å². The Hall–Kier alpha value is -4.02. The number of carbonyl (C=O) groups is 5. The smallest absolute Gasteiger partial charge is 0.421 e. The number of rotatable bonds is 3. The minimum atomic E-state index is -1.75. The van der Waals surface area contributed by atoms with E-state index >= 15 is 0 Å². The predicted molar refractivity (Wildman–Crippen MR) is 88.5 cm³/mol. The van der Waals surface area contributed by atoms with Gasteiger partial charge in [-0.2, -0.15) is 4.90 Å². The number of amides is 5. The summed E-state index contributed by atoms with van der Waals surface area (Å²) in [6.45, 7) is 0. The first-order chi connectivity index (χ1) is 13.4. The first kappa shape index (κ1) is 17.4. The number of ether oxygens (including phenoxy) is 1. The quantitative estimate of drug-likeness (QED) is 0.744. The van der Waals surface area contributed by atoms with Gasteiger partial charge in [0, 0.05) is 18.7 Å². The number of imide groups is 4. The summed E-state index contributed by atoms with van der Waals surface area (Å²) in [4.78, 5) is 61.9.